The number of hydrogen-bond acceptors (Lipinski definition) is 4. The van der Waals surface area contributed by atoms with Crippen molar-refractivity contribution < 1.29 is 9.53 Å². The summed E-state index contributed by atoms with van der Waals surface area (Å²) < 4.78 is 5.25. The lowest BCUT2D eigenvalue weighted by Crippen LogP contribution is -2.04. The minimum absolute atomic E-state index is 0.417. The molecule has 0 aliphatic carbocycles. The zero-order chi connectivity index (χ0) is 35.0. The third-order valence-corrected chi connectivity index (χ3v) is 9.54. The van der Waals surface area contributed by atoms with Crippen molar-refractivity contribution in [2.75, 3.05) is 7.11 Å². The smallest absolute Gasteiger partial charge is 0.338 e. The molecule has 248 valence electrons. The highest BCUT2D eigenvalue weighted by Crippen LogP contribution is 2.39. The number of methoxy groups -OCH3 is 1. The Balaban J connectivity index is 1.49. The number of rotatable bonds is 5. The van der Waals surface area contributed by atoms with Gasteiger partial charge < -0.3 is 14.7 Å². The predicted octanol–water partition coefficient (Wildman–Crippen LogP) is 11.1. The Morgan fingerprint density at radius 2 is 0.788 bits per heavy atom. The number of H-pyrrole nitrogens is 2. The first-order valence-corrected chi connectivity index (χ1v) is 17.2. The van der Waals surface area contributed by atoms with Crippen molar-refractivity contribution in [3.8, 4) is 44.5 Å². The molecule has 2 N–H and O–H groups in total. The Hall–Kier alpha value is -7.05. The van der Waals surface area contributed by atoms with E-state index in [9.17, 15) is 4.79 Å². The average Bonchev–Trinajstić information content (AvgIpc) is 4.04. The van der Waals surface area contributed by atoms with Crippen LogP contribution >= 0.6 is 0 Å². The molecule has 2 aliphatic rings. The van der Waals surface area contributed by atoms with Gasteiger partial charge in [-0.05, 0) is 71.3 Å². The highest BCUT2D eigenvalue weighted by molar-refractivity contribution is 6.04. The predicted molar refractivity (Wildman–Crippen MR) is 212 cm³/mol. The summed E-state index contributed by atoms with van der Waals surface area (Å²) in [7, 11) is 1.41. The lowest BCUT2D eigenvalue weighted by atomic mass is 9.98. The molecule has 0 atom stereocenters. The van der Waals surface area contributed by atoms with Crippen LogP contribution in [0.4, 0.5) is 0 Å². The van der Waals surface area contributed by atoms with Gasteiger partial charge in [-0.25, -0.2) is 14.8 Å². The van der Waals surface area contributed by atoms with Crippen molar-refractivity contribution in [3.63, 3.8) is 0 Å². The van der Waals surface area contributed by atoms with Crippen LogP contribution in [0.15, 0.2) is 140 Å². The monoisotopic (exact) mass is 672 g/mol. The molecular formula is C46H32N4O2. The van der Waals surface area contributed by atoms with Gasteiger partial charge in [-0.1, -0.05) is 109 Å². The molecule has 5 heterocycles. The topological polar surface area (TPSA) is 83.7 Å². The average molecular weight is 673 g/mol. The minimum atomic E-state index is -0.417. The van der Waals surface area contributed by atoms with Gasteiger partial charge in [0, 0.05) is 49.9 Å². The fourth-order valence-electron chi connectivity index (χ4n) is 7.20. The zero-order valence-corrected chi connectivity index (χ0v) is 28.3. The molecule has 8 bridgehead atoms. The molecule has 6 nitrogen and oxygen atoms in total. The van der Waals surface area contributed by atoms with E-state index in [2.05, 4.69) is 101 Å². The van der Waals surface area contributed by atoms with Gasteiger partial charge in [-0.15, -0.1) is 0 Å². The number of nitrogens with zero attached hydrogens (tertiary/aromatic N) is 2. The van der Waals surface area contributed by atoms with Crippen LogP contribution < -0.4 is 0 Å². The van der Waals surface area contributed by atoms with E-state index in [0.717, 1.165) is 83.8 Å². The van der Waals surface area contributed by atoms with Gasteiger partial charge in [0.1, 0.15) is 0 Å². The minimum Gasteiger partial charge on any atom is -0.465 e. The summed E-state index contributed by atoms with van der Waals surface area (Å²) in [6, 6.07) is 46.9. The van der Waals surface area contributed by atoms with E-state index in [0.29, 0.717) is 11.1 Å². The van der Waals surface area contributed by atoms with E-state index < -0.39 is 5.97 Å². The Morgan fingerprint density at radius 1 is 0.442 bits per heavy atom. The third kappa shape index (κ3) is 5.43. The largest absolute Gasteiger partial charge is 0.465 e. The second-order valence-electron chi connectivity index (χ2n) is 12.6. The molecule has 0 spiro atoms. The van der Waals surface area contributed by atoms with Crippen molar-refractivity contribution in [1.82, 2.24) is 19.9 Å². The van der Waals surface area contributed by atoms with Crippen LogP contribution in [0.3, 0.4) is 0 Å². The van der Waals surface area contributed by atoms with Crippen LogP contribution in [0.1, 0.15) is 33.1 Å². The van der Waals surface area contributed by atoms with E-state index in [4.69, 9.17) is 14.7 Å². The number of fused-ring (bicyclic) bond motifs is 8. The molecule has 0 saturated heterocycles. The number of benzene rings is 4. The first-order valence-electron chi connectivity index (χ1n) is 17.2. The molecule has 6 heteroatoms. The van der Waals surface area contributed by atoms with Crippen LogP contribution in [0, 0.1) is 0 Å². The van der Waals surface area contributed by atoms with Crippen LogP contribution in [0.25, 0.3) is 90.9 Å². The summed E-state index contributed by atoms with van der Waals surface area (Å²) in [6.07, 6.45) is 8.26. The maximum absolute atomic E-state index is 13.2. The first kappa shape index (κ1) is 31.0. The molecule has 0 amide bonds. The van der Waals surface area contributed by atoms with Crippen LogP contribution in [-0.2, 0) is 4.74 Å². The number of carbonyl (C=O) groups is 1. The van der Waals surface area contributed by atoms with E-state index >= 15 is 0 Å². The summed E-state index contributed by atoms with van der Waals surface area (Å²) in [5.74, 6) is -0.417. The number of ether oxygens (including phenoxy) is 1. The van der Waals surface area contributed by atoms with Gasteiger partial charge >= 0.3 is 5.97 Å². The molecule has 3 aromatic heterocycles. The maximum atomic E-state index is 13.2. The van der Waals surface area contributed by atoms with Gasteiger partial charge in [0.2, 0.25) is 0 Å². The van der Waals surface area contributed by atoms with Gasteiger partial charge in [-0.2, -0.15) is 0 Å². The van der Waals surface area contributed by atoms with Gasteiger partial charge in [0.15, 0.2) is 0 Å². The molecule has 2 aliphatic heterocycles. The second-order valence-corrected chi connectivity index (χ2v) is 12.6. The Kier molecular flexibility index (Phi) is 7.75. The van der Waals surface area contributed by atoms with Crippen molar-refractivity contribution in [2.24, 2.45) is 0 Å². The molecule has 0 radical (unpaired) electrons. The molecule has 0 fully saturated rings. The molecule has 52 heavy (non-hydrogen) atoms. The Morgan fingerprint density at radius 3 is 1.19 bits per heavy atom. The van der Waals surface area contributed by atoms with Crippen LogP contribution in [0.5, 0.6) is 0 Å². The number of aromatic nitrogens is 4. The van der Waals surface area contributed by atoms with Gasteiger partial charge in [0.05, 0.1) is 35.4 Å². The SMILES string of the molecule is COC(=O)c1ccccc1-c1c2nc(c(-c3ccccc3)c3ccc([nH]3)c(-c3ccccc3)c3nc(c(-c4ccccc4)c4ccc1[nH]4)C=C3)C=C2. The zero-order valence-electron chi connectivity index (χ0n) is 28.3. The lowest BCUT2D eigenvalue weighted by molar-refractivity contribution is 0.0601. The Labute approximate surface area is 300 Å². The summed E-state index contributed by atoms with van der Waals surface area (Å²) in [5.41, 5.74) is 14.8. The van der Waals surface area contributed by atoms with E-state index in [-0.39, 0.29) is 0 Å². The second kappa shape index (κ2) is 13.0. The quantitative estimate of drug-likeness (QED) is 0.178. The van der Waals surface area contributed by atoms with Crippen LogP contribution in [-0.4, -0.2) is 33.0 Å². The molecule has 9 rings (SSSR count). The summed E-state index contributed by atoms with van der Waals surface area (Å²) in [5, 5.41) is 0. The normalized spacial score (nSPS) is 11.9. The van der Waals surface area contributed by atoms with Crippen molar-refractivity contribution >= 4 is 52.3 Å². The maximum Gasteiger partial charge on any atom is 0.338 e. The van der Waals surface area contributed by atoms with Crippen LogP contribution in [0.2, 0.25) is 0 Å². The number of aromatic amines is 2. The molecule has 4 aromatic carbocycles. The van der Waals surface area contributed by atoms with Gasteiger partial charge in [-0.3, -0.25) is 0 Å². The van der Waals surface area contributed by atoms with E-state index in [1.165, 1.54) is 7.11 Å². The van der Waals surface area contributed by atoms with E-state index in [1.54, 1.807) is 6.07 Å². The molecule has 7 aromatic rings. The summed E-state index contributed by atoms with van der Waals surface area (Å²) in [4.78, 5) is 31.4. The highest BCUT2D eigenvalue weighted by atomic mass is 16.5. The summed E-state index contributed by atoms with van der Waals surface area (Å²) in [6.45, 7) is 0. The Bertz CT molecular complexity index is 2690. The molecule has 0 saturated carbocycles. The standard InChI is InChI=1S/C46H32N4O2/c1-52-46(51)33-20-12-11-19-32(33)45-40-27-25-38(49-40)43(30-15-7-3-8-16-30)36-23-21-34(47-36)42(29-13-5-2-6-14-29)35-22-24-37(48-35)44(31-17-9-4-10-18-31)39-26-28-41(45)50-39/h2-28,47,50H,1H3. The summed E-state index contributed by atoms with van der Waals surface area (Å²) >= 11 is 0. The fourth-order valence-corrected chi connectivity index (χ4v) is 7.20. The lowest BCUT2D eigenvalue weighted by Gasteiger charge is -2.10. The molecule has 0 unspecified atom stereocenters. The number of hydrogen-bond donors (Lipinski definition) is 2. The van der Waals surface area contributed by atoms with Gasteiger partial charge in [0.25, 0.3) is 0 Å². The fraction of sp³-hybridized carbons (Fsp3) is 0.0217. The van der Waals surface area contributed by atoms with Crippen molar-refractivity contribution in [3.05, 3.63) is 168 Å². The molecular weight excluding hydrogens is 641 g/mol. The first-order chi connectivity index (χ1) is 25.7. The number of nitrogens with one attached hydrogen (secondary N) is 2. The van der Waals surface area contributed by atoms with Crippen molar-refractivity contribution in [2.45, 2.75) is 0 Å². The highest BCUT2D eigenvalue weighted by Gasteiger charge is 2.21. The van der Waals surface area contributed by atoms with E-state index in [1.807, 2.05) is 66.7 Å². The van der Waals surface area contributed by atoms with Crippen molar-refractivity contribution in [1.29, 1.82) is 0 Å². The number of carbonyl (C=O) groups excluding carboxylic acids is 1. The third-order valence-electron chi connectivity index (χ3n) is 9.54. The number of esters is 1.